The summed E-state index contributed by atoms with van der Waals surface area (Å²) in [6.07, 6.45) is -1.49. The third-order valence-corrected chi connectivity index (χ3v) is 4.46. The van der Waals surface area contributed by atoms with Gasteiger partial charge in [0.15, 0.2) is 0 Å². The van der Waals surface area contributed by atoms with Gasteiger partial charge in [-0.3, -0.25) is 19.0 Å². The average Bonchev–Trinajstić information content (AvgIpc) is 3.00. The molecule has 2 aromatic heterocycles. The molecule has 130 valence electrons. The van der Waals surface area contributed by atoms with Gasteiger partial charge in [-0.1, -0.05) is 0 Å². The zero-order chi connectivity index (χ0) is 18.2. The molecule has 8 nitrogen and oxygen atoms in total. The van der Waals surface area contributed by atoms with E-state index in [1.54, 1.807) is 6.92 Å². The molecular weight excluding hydrogens is 390 g/mol. The number of hydrogen-bond acceptors (Lipinski definition) is 4. The van der Waals surface area contributed by atoms with E-state index in [4.69, 9.17) is 5.73 Å². The smallest absolute Gasteiger partial charge is 0.283 e. The number of nitrogens with one attached hydrogen (secondary N) is 1. The summed E-state index contributed by atoms with van der Waals surface area (Å²) in [4.78, 5) is 23.8. The number of aromatic nitrogens is 4. The van der Waals surface area contributed by atoms with Crippen LogP contribution in [0.4, 0.5) is 14.5 Å². The molecule has 3 N–H and O–H groups in total. The topological polar surface area (TPSA) is 108 Å². The normalized spacial score (nSPS) is 12.5. The first-order valence-electron chi connectivity index (χ1n) is 6.80. The molecular formula is C13H15BrF2N6O2. The SMILES string of the molecule is Cc1c(Br)c(C(F)F)nn1[C@H](C)C(=O)Nc1cnn(C)c1C(N)=O. The van der Waals surface area contributed by atoms with Gasteiger partial charge < -0.3 is 11.1 Å². The molecule has 0 saturated carbocycles. The number of halogens is 3. The van der Waals surface area contributed by atoms with Crippen molar-refractivity contribution in [3.63, 3.8) is 0 Å². The molecule has 0 fully saturated rings. The summed E-state index contributed by atoms with van der Waals surface area (Å²) >= 11 is 3.05. The predicted molar refractivity (Wildman–Crippen MR) is 84.7 cm³/mol. The van der Waals surface area contributed by atoms with Crippen molar-refractivity contribution >= 4 is 33.4 Å². The number of anilines is 1. The second-order valence-electron chi connectivity index (χ2n) is 5.09. The van der Waals surface area contributed by atoms with Gasteiger partial charge >= 0.3 is 0 Å². The molecule has 0 saturated heterocycles. The molecule has 0 aliphatic heterocycles. The Morgan fingerprint density at radius 1 is 1.42 bits per heavy atom. The standard InChI is InChI=1S/C13H15BrF2N6O2/c1-5-8(14)9(11(15)16)20-22(5)6(2)13(24)19-7-4-18-21(3)10(7)12(17)23/h4,6,11H,1-3H3,(H2,17,23)(H,19,24)/t6-/m1/s1. The summed E-state index contributed by atoms with van der Waals surface area (Å²) in [6, 6.07) is -0.894. The lowest BCUT2D eigenvalue weighted by Gasteiger charge is -2.14. The predicted octanol–water partition coefficient (Wildman–Crippen LogP) is 1.92. The number of primary amides is 1. The summed E-state index contributed by atoms with van der Waals surface area (Å²) in [6.45, 7) is 3.06. The highest BCUT2D eigenvalue weighted by molar-refractivity contribution is 9.10. The lowest BCUT2D eigenvalue weighted by molar-refractivity contribution is -0.119. The van der Waals surface area contributed by atoms with Crippen LogP contribution < -0.4 is 11.1 Å². The minimum atomic E-state index is -2.77. The average molecular weight is 405 g/mol. The Kier molecular flexibility index (Phi) is 5.02. The highest BCUT2D eigenvalue weighted by atomic mass is 79.9. The maximum atomic E-state index is 12.9. The second-order valence-corrected chi connectivity index (χ2v) is 5.88. The Hall–Kier alpha value is -2.30. The first-order valence-corrected chi connectivity index (χ1v) is 7.59. The van der Waals surface area contributed by atoms with E-state index in [9.17, 15) is 18.4 Å². The van der Waals surface area contributed by atoms with Crippen LogP contribution in [-0.2, 0) is 11.8 Å². The van der Waals surface area contributed by atoms with Crippen LogP contribution in [0.5, 0.6) is 0 Å². The molecule has 0 aliphatic carbocycles. The molecule has 0 bridgehead atoms. The van der Waals surface area contributed by atoms with E-state index >= 15 is 0 Å². The molecule has 24 heavy (non-hydrogen) atoms. The fourth-order valence-corrected chi connectivity index (χ4v) is 2.64. The van der Waals surface area contributed by atoms with E-state index in [1.807, 2.05) is 0 Å². The molecule has 11 heteroatoms. The van der Waals surface area contributed by atoms with Gasteiger partial charge in [-0.15, -0.1) is 0 Å². The van der Waals surface area contributed by atoms with Gasteiger partial charge in [-0.25, -0.2) is 8.78 Å². The summed E-state index contributed by atoms with van der Waals surface area (Å²) in [5, 5.41) is 10.1. The van der Waals surface area contributed by atoms with Crippen LogP contribution in [0.1, 0.15) is 41.3 Å². The maximum Gasteiger partial charge on any atom is 0.283 e. The molecule has 2 amide bonds. The Balaban J connectivity index is 2.28. The zero-order valence-corrected chi connectivity index (χ0v) is 14.6. The molecule has 0 aromatic carbocycles. The van der Waals surface area contributed by atoms with Gasteiger partial charge in [0.1, 0.15) is 17.4 Å². The van der Waals surface area contributed by atoms with Crippen LogP contribution >= 0.6 is 15.9 Å². The molecule has 1 atom stereocenters. The van der Waals surface area contributed by atoms with Crippen molar-refractivity contribution in [2.45, 2.75) is 26.3 Å². The number of alkyl halides is 2. The minimum Gasteiger partial charge on any atom is -0.364 e. The van der Waals surface area contributed by atoms with Gasteiger partial charge in [0.2, 0.25) is 5.91 Å². The molecule has 0 unspecified atom stereocenters. The minimum absolute atomic E-state index is 0.0298. The number of aryl methyl sites for hydroxylation is 1. The molecule has 0 radical (unpaired) electrons. The number of amides is 2. The van der Waals surface area contributed by atoms with E-state index in [-0.39, 0.29) is 15.9 Å². The first-order chi connectivity index (χ1) is 11.1. The van der Waals surface area contributed by atoms with Crippen molar-refractivity contribution in [1.82, 2.24) is 19.6 Å². The van der Waals surface area contributed by atoms with Gasteiger partial charge in [0, 0.05) is 7.05 Å². The zero-order valence-electron chi connectivity index (χ0n) is 13.0. The Morgan fingerprint density at radius 3 is 2.54 bits per heavy atom. The summed E-state index contributed by atoms with van der Waals surface area (Å²) < 4.78 is 28.4. The molecule has 2 aromatic rings. The van der Waals surface area contributed by atoms with Crippen molar-refractivity contribution in [1.29, 1.82) is 0 Å². The first kappa shape index (κ1) is 18.0. The summed E-state index contributed by atoms with van der Waals surface area (Å²) in [5.74, 6) is -1.31. The third kappa shape index (κ3) is 3.16. The number of rotatable bonds is 5. The second kappa shape index (κ2) is 6.67. The van der Waals surface area contributed by atoms with Crippen LogP contribution in [0.3, 0.4) is 0 Å². The number of nitrogens with zero attached hydrogens (tertiary/aromatic N) is 4. The van der Waals surface area contributed by atoms with Crippen molar-refractivity contribution in [3.8, 4) is 0 Å². The lowest BCUT2D eigenvalue weighted by atomic mass is 10.2. The Labute approximate surface area is 144 Å². The fourth-order valence-electron chi connectivity index (χ4n) is 2.21. The monoisotopic (exact) mass is 404 g/mol. The number of nitrogens with two attached hydrogens (primary N) is 1. The number of hydrogen-bond donors (Lipinski definition) is 2. The van der Waals surface area contributed by atoms with Gasteiger partial charge in [-0.2, -0.15) is 10.2 Å². The van der Waals surface area contributed by atoms with Crippen LogP contribution in [0.2, 0.25) is 0 Å². The number of carbonyl (C=O) groups excluding carboxylic acids is 2. The van der Waals surface area contributed by atoms with E-state index < -0.39 is 30.0 Å². The Bertz CT molecular complexity index is 801. The van der Waals surface area contributed by atoms with Gasteiger partial charge in [0.25, 0.3) is 12.3 Å². The summed E-state index contributed by atoms with van der Waals surface area (Å²) in [5.41, 5.74) is 5.36. The van der Waals surface area contributed by atoms with E-state index in [2.05, 4.69) is 31.4 Å². The molecule has 0 aliphatic rings. The quantitative estimate of drug-likeness (QED) is 0.793. The molecule has 0 spiro atoms. The third-order valence-electron chi connectivity index (χ3n) is 3.48. The highest BCUT2D eigenvalue weighted by Crippen LogP contribution is 2.30. The molecule has 2 heterocycles. The van der Waals surface area contributed by atoms with Crippen LogP contribution in [-0.4, -0.2) is 31.4 Å². The Morgan fingerprint density at radius 2 is 2.04 bits per heavy atom. The van der Waals surface area contributed by atoms with Crippen molar-refractivity contribution in [2.75, 3.05) is 5.32 Å². The highest BCUT2D eigenvalue weighted by Gasteiger charge is 2.26. The van der Waals surface area contributed by atoms with E-state index in [0.29, 0.717) is 5.69 Å². The van der Waals surface area contributed by atoms with Crippen LogP contribution in [0, 0.1) is 6.92 Å². The lowest BCUT2D eigenvalue weighted by Crippen LogP contribution is -2.27. The maximum absolute atomic E-state index is 12.9. The van der Waals surface area contributed by atoms with Gasteiger partial charge in [-0.05, 0) is 29.8 Å². The fraction of sp³-hybridized carbons (Fsp3) is 0.385. The molecule has 2 rings (SSSR count). The number of carbonyl (C=O) groups is 2. The van der Waals surface area contributed by atoms with Gasteiger partial charge in [0.05, 0.1) is 22.1 Å². The van der Waals surface area contributed by atoms with E-state index in [1.165, 1.54) is 29.5 Å². The largest absolute Gasteiger partial charge is 0.364 e. The van der Waals surface area contributed by atoms with E-state index in [0.717, 1.165) is 0 Å². The summed E-state index contributed by atoms with van der Waals surface area (Å²) in [7, 11) is 1.50. The van der Waals surface area contributed by atoms with Crippen LogP contribution in [0.25, 0.3) is 0 Å². The van der Waals surface area contributed by atoms with Crippen molar-refractivity contribution < 1.29 is 18.4 Å². The van der Waals surface area contributed by atoms with Crippen molar-refractivity contribution in [2.24, 2.45) is 12.8 Å². The van der Waals surface area contributed by atoms with Crippen molar-refractivity contribution in [3.05, 3.63) is 27.8 Å². The van der Waals surface area contributed by atoms with Crippen LogP contribution in [0.15, 0.2) is 10.7 Å².